The van der Waals surface area contributed by atoms with Crippen molar-refractivity contribution in [2.24, 2.45) is 0 Å². The summed E-state index contributed by atoms with van der Waals surface area (Å²) in [6, 6.07) is 17.9. The van der Waals surface area contributed by atoms with Crippen LogP contribution < -0.4 is 10.6 Å². The summed E-state index contributed by atoms with van der Waals surface area (Å²) in [6.07, 6.45) is -0.226. The number of carbonyl (C=O) groups is 3. The maximum absolute atomic E-state index is 12.4. The zero-order valence-electron chi connectivity index (χ0n) is 15.6. The molecule has 1 unspecified atom stereocenters. The van der Waals surface area contributed by atoms with Gasteiger partial charge in [0.15, 0.2) is 0 Å². The minimum atomic E-state index is -0.945. The molecule has 1 aliphatic heterocycles. The molecule has 8 nitrogen and oxygen atoms in total. The van der Waals surface area contributed by atoms with Gasteiger partial charge in [0.1, 0.15) is 12.2 Å². The predicted octanol–water partition coefficient (Wildman–Crippen LogP) is 1.21. The largest absolute Gasteiger partial charge is 0.370 e. The van der Waals surface area contributed by atoms with Crippen LogP contribution in [-0.2, 0) is 19.1 Å². The van der Waals surface area contributed by atoms with Crippen LogP contribution in [0, 0.1) is 11.3 Å². The topological polar surface area (TPSA) is 112 Å². The number of amides is 3. The summed E-state index contributed by atoms with van der Waals surface area (Å²) in [7, 11) is 0. The van der Waals surface area contributed by atoms with Crippen molar-refractivity contribution in [3.63, 3.8) is 0 Å². The molecule has 0 spiro atoms. The Kier molecular flexibility index (Phi) is 6.55. The molecule has 2 aromatic carbocycles. The standard InChI is InChI=1S/C21H20N4O4/c22-12-16-8-4-5-9-17(16)24-21(28)20(27)23-13-19(26)25-10-11-29-18(14-25)15-6-2-1-3-7-15/h1-9,18H,10-11,13-14H2,(H,23,27)(H,24,28). The highest BCUT2D eigenvalue weighted by Crippen LogP contribution is 2.21. The fraction of sp³-hybridized carbons (Fsp3) is 0.238. The number of hydrogen-bond donors (Lipinski definition) is 2. The van der Waals surface area contributed by atoms with E-state index in [2.05, 4.69) is 10.6 Å². The van der Waals surface area contributed by atoms with E-state index >= 15 is 0 Å². The smallest absolute Gasteiger partial charge is 0.313 e. The quantitative estimate of drug-likeness (QED) is 0.760. The third-order valence-electron chi connectivity index (χ3n) is 4.49. The molecule has 1 saturated heterocycles. The van der Waals surface area contributed by atoms with E-state index in [1.165, 1.54) is 12.1 Å². The van der Waals surface area contributed by atoms with Crippen molar-refractivity contribution >= 4 is 23.4 Å². The molecule has 0 radical (unpaired) electrons. The average molecular weight is 392 g/mol. The van der Waals surface area contributed by atoms with E-state index in [1.54, 1.807) is 17.0 Å². The number of nitrogens with zero attached hydrogens (tertiary/aromatic N) is 2. The Morgan fingerprint density at radius 3 is 2.55 bits per heavy atom. The Bertz CT molecular complexity index is 939. The van der Waals surface area contributed by atoms with Gasteiger partial charge < -0.3 is 20.3 Å². The molecule has 2 aromatic rings. The van der Waals surface area contributed by atoms with Crippen molar-refractivity contribution in [1.82, 2.24) is 10.2 Å². The van der Waals surface area contributed by atoms with E-state index in [1.807, 2.05) is 36.4 Å². The first-order valence-corrected chi connectivity index (χ1v) is 9.11. The molecule has 0 aromatic heterocycles. The number of benzene rings is 2. The van der Waals surface area contributed by atoms with Crippen LogP contribution in [0.1, 0.15) is 17.2 Å². The number of hydrogen-bond acceptors (Lipinski definition) is 5. The monoisotopic (exact) mass is 392 g/mol. The minimum absolute atomic E-state index is 0.226. The number of nitriles is 1. The van der Waals surface area contributed by atoms with E-state index in [4.69, 9.17) is 10.00 Å². The van der Waals surface area contributed by atoms with Gasteiger partial charge in [-0.3, -0.25) is 14.4 Å². The lowest BCUT2D eigenvalue weighted by molar-refractivity contribution is -0.141. The summed E-state index contributed by atoms with van der Waals surface area (Å²) >= 11 is 0. The maximum Gasteiger partial charge on any atom is 0.313 e. The number of nitrogens with one attached hydrogen (secondary N) is 2. The Hall–Kier alpha value is -3.70. The van der Waals surface area contributed by atoms with Crippen LogP contribution in [0.4, 0.5) is 5.69 Å². The molecular formula is C21H20N4O4. The van der Waals surface area contributed by atoms with Crippen LogP contribution >= 0.6 is 0 Å². The molecule has 29 heavy (non-hydrogen) atoms. The number of para-hydroxylation sites is 1. The maximum atomic E-state index is 12.4. The lowest BCUT2D eigenvalue weighted by Crippen LogP contribution is -2.48. The van der Waals surface area contributed by atoms with Crippen LogP contribution in [0.2, 0.25) is 0 Å². The van der Waals surface area contributed by atoms with Crippen LogP contribution in [0.25, 0.3) is 0 Å². The molecule has 1 atom stereocenters. The first kappa shape index (κ1) is 20.0. The van der Waals surface area contributed by atoms with E-state index in [9.17, 15) is 14.4 Å². The number of ether oxygens (including phenoxy) is 1. The van der Waals surface area contributed by atoms with Crippen molar-refractivity contribution in [3.05, 3.63) is 65.7 Å². The van der Waals surface area contributed by atoms with Crippen molar-refractivity contribution < 1.29 is 19.1 Å². The summed E-state index contributed by atoms with van der Waals surface area (Å²) in [6.45, 7) is 0.887. The third kappa shape index (κ3) is 5.18. The van der Waals surface area contributed by atoms with Gasteiger partial charge >= 0.3 is 11.8 Å². The minimum Gasteiger partial charge on any atom is -0.370 e. The third-order valence-corrected chi connectivity index (χ3v) is 4.49. The van der Waals surface area contributed by atoms with E-state index in [0.29, 0.717) is 19.7 Å². The summed E-state index contributed by atoms with van der Waals surface area (Å²) < 4.78 is 5.72. The Balaban J connectivity index is 1.51. The van der Waals surface area contributed by atoms with Crippen molar-refractivity contribution in [2.75, 3.05) is 31.6 Å². The van der Waals surface area contributed by atoms with Gasteiger partial charge in [-0.2, -0.15) is 5.26 Å². The SMILES string of the molecule is N#Cc1ccccc1NC(=O)C(=O)NCC(=O)N1CCOC(c2ccccc2)C1. The molecule has 1 fully saturated rings. The molecule has 2 N–H and O–H groups in total. The van der Waals surface area contributed by atoms with E-state index < -0.39 is 11.8 Å². The first-order chi connectivity index (χ1) is 14.1. The highest BCUT2D eigenvalue weighted by atomic mass is 16.5. The van der Waals surface area contributed by atoms with Crippen LogP contribution in [-0.4, -0.2) is 48.9 Å². The zero-order chi connectivity index (χ0) is 20.6. The zero-order valence-corrected chi connectivity index (χ0v) is 15.6. The van der Waals surface area contributed by atoms with Gasteiger partial charge in [-0.15, -0.1) is 0 Å². The predicted molar refractivity (Wildman–Crippen MR) is 105 cm³/mol. The number of morpholine rings is 1. The number of rotatable bonds is 4. The Morgan fingerprint density at radius 2 is 1.79 bits per heavy atom. The van der Waals surface area contributed by atoms with Gasteiger partial charge in [0.25, 0.3) is 0 Å². The van der Waals surface area contributed by atoms with Gasteiger partial charge in [0.2, 0.25) is 5.91 Å². The average Bonchev–Trinajstić information content (AvgIpc) is 2.78. The molecule has 1 heterocycles. The second kappa shape index (κ2) is 9.48. The van der Waals surface area contributed by atoms with Gasteiger partial charge in [-0.25, -0.2) is 0 Å². The van der Waals surface area contributed by atoms with E-state index in [0.717, 1.165) is 5.56 Å². The first-order valence-electron chi connectivity index (χ1n) is 9.11. The second-order valence-corrected chi connectivity index (χ2v) is 6.40. The molecule has 0 saturated carbocycles. The van der Waals surface area contributed by atoms with Crippen LogP contribution in [0.5, 0.6) is 0 Å². The van der Waals surface area contributed by atoms with Gasteiger partial charge in [-0.05, 0) is 17.7 Å². The summed E-state index contributed by atoms with van der Waals surface area (Å²) in [5, 5.41) is 13.7. The molecule has 8 heteroatoms. The molecule has 3 rings (SSSR count). The molecule has 3 amide bonds. The summed E-state index contributed by atoms with van der Waals surface area (Å²) in [4.78, 5) is 38.1. The normalized spacial score (nSPS) is 15.8. The van der Waals surface area contributed by atoms with E-state index in [-0.39, 0.29) is 29.8 Å². The fourth-order valence-electron chi connectivity index (χ4n) is 2.96. The number of anilines is 1. The highest BCUT2D eigenvalue weighted by Gasteiger charge is 2.26. The molecular weight excluding hydrogens is 372 g/mol. The van der Waals surface area contributed by atoms with Crippen molar-refractivity contribution in [3.8, 4) is 6.07 Å². The lowest BCUT2D eigenvalue weighted by Gasteiger charge is -2.33. The van der Waals surface area contributed by atoms with Crippen LogP contribution in [0.3, 0.4) is 0 Å². The second-order valence-electron chi connectivity index (χ2n) is 6.40. The Morgan fingerprint density at radius 1 is 1.07 bits per heavy atom. The highest BCUT2D eigenvalue weighted by molar-refractivity contribution is 6.40. The van der Waals surface area contributed by atoms with Crippen molar-refractivity contribution in [1.29, 1.82) is 5.26 Å². The van der Waals surface area contributed by atoms with Crippen LogP contribution in [0.15, 0.2) is 54.6 Å². The molecule has 1 aliphatic rings. The Labute approximate surface area is 168 Å². The fourth-order valence-corrected chi connectivity index (χ4v) is 2.96. The molecule has 148 valence electrons. The van der Waals surface area contributed by atoms with Gasteiger partial charge in [0.05, 0.1) is 30.9 Å². The van der Waals surface area contributed by atoms with Crippen molar-refractivity contribution in [2.45, 2.75) is 6.10 Å². The molecule has 0 aliphatic carbocycles. The molecule has 0 bridgehead atoms. The summed E-state index contributed by atoms with van der Waals surface area (Å²) in [5.74, 6) is -2.18. The van der Waals surface area contributed by atoms with Gasteiger partial charge in [0, 0.05) is 6.54 Å². The van der Waals surface area contributed by atoms with Gasteiger partial charge in [-0.1, -0.05) is 42.5 Å². The number of carbonyl (C=O) groups excluding carboxylic acids is 3. The summed E-state index contributed by atoms with van der Waals surface area (Å²) in [5.41, 5.74) is 1.45. The lowest BCUT2D eigenvalue weighted by atomic mass is 10.1.